The number of hydrogen-bond donors (Lipinski definition) is 0. The smallest absolute Gasteiger partial charge is 0.113 e. The third-order valence-corrected chi connectivity index (χ3v) is 5.04. The summed E-state index contributed by atoms with van der Waals surface area (Å²) >= 11 is 0. The molecule has 0 saturated heterocycles. The van der Waals surface area contributed by atoms with Gasteiger partial charge in [0.1, 0.15) is 5.52 Å². The Morgan fingerprint density at radius 1 is 0.786 bits per heavy atom. The summed E-state index contributed by atoms with van der Waals surface area (Å²) in [6.45, 7) is 2.10. The maximum atomic E-state index is 4.47. The van der Waals surface area contributed by atoms with Crippen LogP contribution in [0.1, 0.15) is 16.7 Å². The number of fused-ring (bicyclic) bond motifs is 2. The van der Waals surface area contributed by atoms with E-state index in [4.69, 9.17) is 0 Å². The molecule has 0 aliphatic rings. The zero-order valence-electron chi connectivity index (χ0n) is 15.6. The predicted octanol–water partition coefficient (Wildman–Crippen LogP) is 5.94. The van der Waals surface area contributed by atoms with Gasteiger partial charge in [0.15, 0.2) is 0 Å². The Hall–Kier alpha value is -3.72. The van der Waals surface area contributed by atoms with Crippen LogP contribution < -0.4 is 0 Å². The number of aromatic nitrogens is 3. The Morgan fingerprint density at radius 3 is 2.43 bits per heavy atom. The third-order valence-electron chi connectivity index (χ3n) is 5.04. The molecule has 0 fully saturated rings. The van der Waals surface area contributed by atoms with Crippen LogP contribution in [-0.4, -0.2) is 15.0 Å². The molecule has 0 radical (unpaired) electrons. The van der Waals surface area contributed by atoms with Gasteiger partial charge in [0.25, 0.3) is 0 Å². The summed E-state index contributed by atoms with van der Waals surface area (Å²) in [5.74, 6) is 0. The lowest BCUT2D eigenvalue weighted by molar-refractivity contribution is 0.843. The van der Waals surface area contributed by atoms with Gasteiger partial charge in [-0.3, -0.25) is 0 Å². The SMILES string of the molecule is Cc1ccc(/C(=C/c2cccc3ccccc23)n2nnc3ccccc32)cc1. The minimum absolute atomic E-state index is 0.887. The Kier molecular flexibility index (Phi) is 3.99. The monoisotopic (exact) mass is 361 g/mol. The van der Waals surface area contributed by atoms with Crippen LogP contribution >= 0.6 is 0 Å². The van der Waals surface area contributed by atoms with E-state index in [0.717, 1.165) is 27.9 Å². The van der Waals surface area contributed by atoms with Crippen molar-refractivity contribution in [2.24, 2.45) is 0 Å². The highest BCUT2D eigenvalue weighted by Gasteiger charge is 2.12. The Bertz CT molecular complexity index is 1310. The van der Waals surface area contributed by atoms with Gasteiger partial charge in [0, 0.05) is 5.56 Å². The number of aryl methyl sites for hydroxylation is 1. The zero-order chi connectivity index (χ0) is 18.9. The number of benzene rings is 4. The average Bonchev–Trinajstić information content (AvgIpc) is 3.17. The molecule has 1 heterocycles. The van der Waals surface area contributed by atoms with Gasteiger partial charge in [-0.05, 0) is 41.5 Å². The van der Waals surface area contributed by atoms with Crippen LogP contribution in [0.5, 0.6) is 0 Å². The number of nitrogens with zero attached hydrogens (tertiary/aromatic N) is 3. The molecule has 5 rings (SSSR count). The van der Waals surface area contributed by atoms with Crippen LogP contribution in [0.15, 0.2) is 91.0 Å². The van der Waals surface area contributed by atoms with Crippen molar-refractivity contribution >= 4 is 33.6 Å². The fourth-order valence-electron chi connectivity index (χ4n) is 3.56. The molecule has 0 bridgehead atoms. The van der Waals surface area contributed by atoms with Crippen LogP contribution in [0, 0.1) is 6.92 Å². The zero-order valence-corrected chi connectivity index (χ0v) is 15.6. The maximum Gasteiger partial charge on any atom is 0.113 e. The molecule has 0 spiro atoms. The van der Waals surface area contributed by atoms with Crippen LogP contribution in [0.2, 0.25) is 0 Å². The summed E-state index contributed by atoms with van der Waals surface area (Å²) in [7, 11) is 0. The van der Waals surface area contributed by atoms with Gasteiger partial charge in [-0.2, -0.15) is 0 Å². The summed E-state index contributed by atoms with van der Waals surface area (Å²) in [5, 5.41) is 11.3. The first kappa shape index (κ1) is 16.5. The minimum atomic E-state index is 0.887. The third kappa shape index (κ3) is 2.87. The molecule has 0 N–H and O–H groups in total. The molecule has 0 aliphatic carbocycles. The van der Waals surface area contributed by atoms with Crippen molar-refractivity contribution in [1.29, 1.82) is 0 Å². The van der Waals surface area contributed by atoms with Crippen molar-refractivity contribution < 1.29 is 0 Å². The summed E-state index contributed by atoms with van der Waals surface area (Å²) < 4.78 is 1.93. The lowest BCUT2D eigenvalue weighted by Gasteiger charge is -2.11. The van der Waals surface area contributed by atoms with Crippen molar-refractivity contribution in [3.63, 3.8) is 0 Å². The molecular formula is C25H19N3. The fraction of sp³-hybridized carbons (Fsp3) is 0.0400. The minimum Gasteiger partial charge on any atom is -0.212 e. The largest absolute Gasteiger partial charge is 0.212 e. The van der Waals surface area contributed by atoms with Crippen LogP contribution in [0.25, 0.3) is 33.6 Å². The standard InChI is InChI=1S/C25H19N3/c1-18-13-15-20(16-14-18)25(28-24-12-5-4-11-23(24)26-27-28)17-21-9-6-8-19-7-2-3-10-22(19)21/h2-17H,1H3/b25-17-. The second-order valence-corrected chi connectivity index (χ2v) is 6.95. The van der Waals surface area contributed by atoms with E-state index in [1.807, 2.05) is 22.9 Å². The summed E-state index contributed by atoms with van der Waals surface area (Å²) in [6, 6.07) is 31.4. The maximum absolute atomic E-state index is 4.47. The molecule has 0 saturated carbocycles. The summed E-state index contributed by atoms with van der Waals surface area (Å²) in [5.41, 5.74) is 6.39. The molecule has 3 nitrogen and oxygen atoms in total. The highest BCUT2D eigenvalue weighted by atomic mass is 15.4. The van der Waals surface area contributed by atoms with E-state index in [0.29, 0.717) is 0 Å². The van der Waals surface area contributed by atoms with E-state index in [2.05, 4.69) is 96.1 Å². The molecule has 134 valence electrons. The highest BCUT2D eigenvalue weighted by molar-refractivity contribution is 5.96. The van der Waals surface area contributed by atoms with E-state index >= 15 is 0 Å². The van der Waals surface area contributed by atoms with E-state index in [1.54, 1.807) is 0 Å². The van der Waals surface area contributed by atoms with Gasteiger partial charge in [-0.1, -0.05) is 89.6 Å². The lowest BCUT2D eigenvalue weighted by Crippen LogP contribution is -2.01. The lowest BCUT2D eigenvalue weighted by atomic mass is 10.0. The van der Waals surface area contributed by atoms with Crippen LogP contribution in [0.3, 0.4) is 0 Å². The normalized spacial score (nSPS) is 12.0. The van der Waals surface area contributed by atoms with E-state index in [1.165, 1.54) is 16.3 Å². The van der Waals surface area contributed by atoms with Crippen molar-refractivity contribution in [2.75, 3.05) is 0 Å². The van der Waals surface area contributed by atoms with Gasteiger partial charge in [0.05, 0.1) is 11.2 Å². The quantitative estimate of drug-likeness (QED) is 0.372. The van der Waals surface area contributed by atoms with Crippen molar-refractivity contribution in [1.82, 2.24) is 15.0 Å². The predicted molar refractivity (Wildman–Crippen MR) is 116 cm³/mol. The second-order valence-electron chi connectivity index (χ2n) is 6.95. The first-order valence-electron chi connectivity index (χ1n) is 9.37. The Labute approximate surface area is 163 Å². The van der Waals surface area contributed by atoms with Crippen molar-refractivity contribution in [3.05, 3.63) is 108 Å². The second kappa shape index (κ2) is 6.78. The van der Waals surface area contributed by atoms with Gasteiger partial charge in [-0.25, -0.2) is 4.68 Å². The van der Waals surface area contributed by atoms with Crippen LogP contribution in [0.4, 0.5) is 0 Å². The molecule has 28 heavy (non-hydrogen) atoms. The first-order valence-corrected chi connectivity index (χ1v) is 9.37. The number of rotatable bonds is 3. The van der Waals surface area contributed by atoms with E-state index in [-0.39, 0.29) is 0 Å². The molecule has 4 aromatic carbocycles. The molecule has 0 atom stereocenters. The van der Waals surface area contributed by atoms with Crippen LogP contribution in [-0.2, 0) is 0 Å². The van der Waals surface area contributed by atoms with E-state index < -0.39 is 0 Å². The average molecular weight is 361 g/mol. The number of hydrogen-bond acceptors (Lipinski definition) is 2. The fourth-order valence-corrected chi connectivity index (χ4v) is 3.56. The molecule has 5 aromatic rings. The topological polar surface area (TPSA) is 30.7 Å². The number of para-hydroxylation sites is 1. The van der Waals surface area contributed by atoms with Gasteiger partial charge < -0.3 is 0 Å². The van der Waals surface area contributed by atoms with E-state index in [9.17, 15) is 0 Å². The molecule has 3 heteroatoms. The molecule has 1 aromatic heterocycles. The summed E-state index contributed by atoms with van der Waals surface area (Å²) in [6.07, 6.45) is 2.20. The Balaban J connectivity index is 1.79. The van der Waals surface area contributed by atoms with Gasteiger partial charge in [-0.15, -0.1) is 5.10 Å². The van der Waals surface area contributed by atoms with Crippen molar-refractivity contribution in [2.45, 2.75) is 6.92 Å². The summed E-state index contributed by atoms with van der Waals surface area (Å²) in [4.78, 5) is 0. The molecule has 0 aliphatic heterocycles. The van der Waals surface area contributed by atoms with Gasteiger partial charge >= 0.3 is 0 Å². The van der Waals surface area contributed by atoms with Gasteiger partial charge in [0.2, 0.25) is 0 Å². The first-order chi connectivity index (χ1) is 13.8. The highest BCUT2D eigenvalue weighted by Crippen LogP contribution is 2.27. The molecule has 0 amide bonds. The van der Waals surface area contributed by atoms with Crippen molar-refractivity contribution in [3.8, 4) is 0 Å². The molecular weight excluding hydrogens is 342 g/mol. The Morgan fingerprint density at radius 2 is 1.54 bits per heavy atom. The molecule has 0 unspecified atom stereocenters.